The molecule has 0 radical (unpaired) electrons. The van der Waals surface area contributed by atoms with E-state index in [9.17, 15) is 10.1 Å². The van der Waals surface area contributed by atoms with Gasteiger partial charge in [-0.25, -0.2) is 4.98 Å². The van der Waals surface area contributed by atoms with Crippen molar-refractivity contribution in [3.8, 4) is 0 Å². The van der Waals surface area contributed by atoms with Crippen LogP contribution in [0.25, 0.3) is 0 Å². The Morgan fingerprint density at radius 3 is 2.74 bits per heavy atom. The molecule has 98 valence electrons. The van der Waals surface area contributed by atoms with Crippen LogP contribution in [0.1, 0.15) is 0 Å². The van der Waals surface area contributed by atoms with E-state index in [0.29, 0.717) is 15.2 Å². The number of hydrogen-bond donors (Lipinski definition) is 2. The Morgan fingerprint density at radius 2 is 2.11 bits per heavy atom. The smallest absolute Gasteiger partial charge is 0.311 e. The van der Waals surface area contributed by atoms with Crippen molar-refractivity contribution < 1.29 is 4.92 Å². The number of halogens is 2. The van der Waals surface area contributed by atoms with Crippen molar-refractivity contribution in [1.82, 2.24) is 4.98 Å². The second-order valence-electron chi connectivity index (χ2n) is 3.61. The molecular formula is C11H8BrClN4O2. The molecule has 0 aliphatic rings. The minimum absolute atomic E-state index is 0.0769. The fraction of sp³-hybridized carbons (Fsp3) is 0. The molecule has 19 heavy (non-hydrogen) atoms. The van der Waals surface area contributed by atoms with Gasteiger partial charge in [-0.2, -0.15) is 0 Å². The number of hydrogen-bond acceptors (Lipinski definition) is 5. The Kier molecular flexibility index (Phi) is 3.87. The summed E-state index contributed by atoms with van der Waals surface area (Å²) in [6, 6.07) is 7.69. The van der Waals surface area contributed by atoms with Gasteiger partial charge in [-0.1, -0.05) is 11.6 Å². The number of nitro groups is 1. The number of anilines is 3. The van der Waals surface area contributed by atoms with Crippen LogP contribution in [0.3, 0.4) is 0 Å². The van der Waals surface area contributed by atoms with Crippen LogP contribution in [0.5, 0.6) is 0 Å². The minimum Gasteiger partial charge on any atom is -0.384 e. The van der Waals surface area contributed by atoms with E-state index < -0.39 is 4.92 Å². The highest BCUT2D eigenvalue weighted by Crippen LogP contribution is 2.31. The van der Waals surface area contributed by atoms with Gasteiger partial charge in [0.15, 0.2) is 0 Å². The van der Waals surface area contributed by atoms with E-state index >= 15 is 0 Å². The molecule has 8 heteroatoms. The molecule has 1 aromatic heterocycles. The van der Waals surface area contributed by atoms with E-state index in [-0.39, 0.29) is 17.3 Å². The van der Waals surface area contributed by atoms with Crippen LogP contribution in [-0.2, 0) is 0 Å². The van der Waals surface area contributed by atoms with Gasteiger partial charge in [-0.3, -0.25) is 10.1 Å². The number of rotatable bonds is 3. The summed E-state index contributed by atoms with van der Waals surface area (Å²) < 4.78 is 0.665. The van der Waals surface area contributed by atoms with E-state index in [4.69, 9.17) is 17.3 Å². The van der Waals surface area contributed by atoms with Crippen LogP contribution in [-0.4, -0.2) is 9.91 Å². The highest BCUT2D eigenvalue weighted by Gasteiger charge is 2.16. The molecule has 1 heterocycles. The lowest BCUT2D eigenvalue weighted by atomic mass is 10.3. The highest BCUT2D eigenvalue weighted by atomic mass is 79.9. The lowest BCUT2D eigenvalue weighted by Crippen LogP contribution is -2.02. The standard InChI is InChI=1S/C11H8BrClN4O2/c12-7-5-6(13)1-2-8(7)15-11-9(17(18)19)3-4-10(14)16-11/h1-5H,(H3,14,15,16). The van der Waals surface area contributed by atoms with E-state index in [2.05, 4.69) is 26.2 Å². The maximum Gasteiger partial charge on any atom is 0.311 e. The SMILES string of the molecule is Nc1ccc([N+](=O)[O-])c(Nc2ccc(Cl)cc2Br)n1. The van der Waals surface area contributed by atoms with Crippen molar-refractivity contribution >= 4 is 50.5 Å². The average molecular weight is 344 g/mol. The molecule has 6 nitrogen and oxygen atoms in total. The Morgan fingerprint density at radius 1 is 1.37 bits per heavy atom. The summed E-state index contributed by atoms with van der Waals surface area (Å²) >= 11 is 9.13. The molecule has 0 unspecified atom stereocenters. The molecule has 3 N–H and O–H groups in total. The fourth-order valence-corrected chi connectivity index (χ4v) is 2.21. The predicted octanol–water partition coefficient (Wildman–Crippen LogP) is 3.73. The zero-order valence-electron chi connectivity index (χ0n) is 9.43. The Labute approximate surface area is 121 Å². The van der Waals surface area contributed by atoms with Crippen molar-refractivity contribution in [2.45, 2.75) is 0 Å². The summed E-state index contributed by atoms with van der Waals surface area (Å²) in [7, 11) is 0. The average Bonchev–Trinajstić information content (AvgIpc) is 2.32. The third-order valence-corrected chi connectivity index (χ3v) is 3.17. The molecule has 0 spiro atoms. The zero-order valence-corrected chi connectivity index (χ0v) is 11.8. The summed E-state index contributed by atoms with van der Waals surface area (Å²) in [5.41, 5.74) is 5.98. The van der Waals surface area contributed by atoms with E-state index in [1.165, 1.54) is 12.1 Å². The van der Waals surface area contributed by atoms with E-state index in [0.717, 1.165) is 0 Å². The maximum absolute atomic E-state index is 10.9. The molecule has 2 aromatic rings. The first-order valence-electron chi connectivity index (χ1n) is 5.10. The topological polar surface area (TPSA) is 94.1 Å². The summed E-state index contributed by atoms with van der Waals surface area (Å²) in [5.74, 6) is 0.270. The Hall–Kier alpha value is -1.86. The van der Waals surface area contributed by atoms with Gasteiger partial charge in [0.25, 0.3) is 0 Å². The van der Waals surface area contributed by atoms with E-state index in [1.54, 1.807) is 18.2 Å². The van der Waals surface area contributed by atoms with Crippen LogP contribution < -0.4 is 11.1 Å². The molecule has 0 aliphatic heterocycles. The monoisotopic (exact) mass is 342 g/mol. The van der Waals surface area contributed by atoms with Gasteiger partial charge >= 0.3 is 5.69 Å². The second kappa shape index (κ2) is 5.41. The Balaban J connectivity index is 2.42. The molecule has 0 saturated carbocycles. The summed E-state index contributed by atoms with van der Waals surface area (Å²) in [4.78, 5) is 14.3. The molecule has 2 rings (SSSR count). The maximum atomic E-state index is 10.9. The normalized spacial score (nSPS) is 10.2. The number of benzene rings is 1. The Bertz CT molecular complexity index is 651. The van der Waals surface area contributed by atoms with Crippen LogP contribution in [0.15, 0.2) is 34.8 Å². The number of nitrogens with zero attached hydrogens (tertiary/aromatic N) is 2. The first-order valence-corrected chi connectivity index (χ1v) is 6.27. The molecular weight excluding hydrogens is 336 g/mol. The van der Waals surface area contributed by atoms with Gasteiger partial charge in [0.2, 0.25) is 5.82 Å². The van der Waals surface area contributed by atoms with Crippen molar-refractivity contribution in [2.24, 2.45) is 0 Å². The first kappa shape index (κ1) is 13.6. The van der Waals surface area contributed by atoms with Gasteiger partial charge in [0, 0.05) is 15.6 Å². The number of nitrogen functional groups attached to an aromatic ring is 1. The number of nitrogens with two attached hydrogens (primary N) is 1. The lowest BCUT2D eigenvalue weighted by Gasteiger charge is -2.09. The number of pyridine rings is 1. The quantitative estimate of drug-likeness (QED) is 0.654. The van der Waals surface area contributed by atoms with Crippen molar-refractivity contribution in [2.75, 3.05) is 11.1 Å². The largest absolute Gasteiger partial charge is 0.384 e. The van der Waals surface area contributed by atoms with Crippen molar-refractivity contribution in [3.05, 3.63) is 49.9 Å². The summed E-state index contributed by atoms with van der Waals surface area (Å²) in [5, 5.41) is 14.3. The van der Waals surface area contributed by atoms with E-state index in [1.807, 2.05) is 0 Å². The lowest BCUT2D eigenvalue weighted by molar-refractivity contribution is -0.384. The molecule has 0 atom stereocenters. The van der Waals surface area contributed by atoms with Gasteiger partial charge in [0.05, 0.1) is 10.6 Å². The van der Waals surface area contributed by atoms with Crippen LogP contribution in [0, 0.1) is 10.1 Å². The second-order valence-corrected chi connectivity index (χ2v) is 4.90. The third kappa shape index (κ3) is 3.12. The molecule has 1 aromatic carbocycles. The van der Waals surface area contributed by atoms with Crippen LogP contribution in [0.2, 0.25) is 5.02 Å². The molecule has 0 saturated heterocycles. The third-order valence-electron chi connectivity index (χ3n) is 2.28. The molecule has 0 amide bonds. The van der Waals surface area contributed by atoms with Gasteiger partial charge < -0.3 is 11.1 Å². The van der Waals surface area contributed by atoms with Crippen LogP contribution in [0.4, 0.5) is 23.0 Å². The molecule has 0 bridgehead atoms. The van der Waals surface area contributed by atoms with Gasteiger partial charge in [-0.05, 0) is 40.2 Å². The molecule has 0 aliphatic carbocycles. The zero-order chi connectivity index (χ0) is 14.0. The van der Waals surface area contributed by atoms with Crippen molar-refractivity contribution in [1.29, 1.82) is 0 Å². The minimum atomic E-state index is -0.529. The summed E-state index contributed by atoms with van der Waals surface area (Å²) in [6.45, 7) is 0. The number of aromatic nitrogens is 1. The highest BCUT2D eigenvalue weighted by molar-refractivity contribution is 9.10. The predicted molar refractivity (Wildman–Crippen MR) is 77.7 cm³/mol. The molecule has 0 fully saturated rings. The first-order chi connectivity index (χ1) is 8.97. The van der Waals surface area contributed by atoms with Gasteiger partial charge in [-0.15, -0.1) is 0 Å². The number of nitrogens with one attached hydrogen (secondary N) is 1. The van der Waals surface area contributed by atoms with Crippen molar-refractivity contribution in [3.63, 3.8) is 0 Å². The summed E-state index contributed by atoms with van der Waals surface area (Å²) in [6.07, 6.45) is 0. The van der Waals surface area contributed by atoms with Crippen LogP contribution >= 0.6 is 27.5 Å². The fourth-order valence-electron chi connectivity index (χ4n) is 1.42. The van der Waals surface area contributed by atoms with Gasteiger partial charge in [0.1, 0.15) is 5.82 Å².